The maximum Gasteiger partial charge on any atom is 0.300 e. The van der Waals surface area contributed by atoms with Crippen LogP contribution < -0.4 is 5.56 Å². The fraction of sp³-hybridized carbons (Fsp3) is 0.250. The molecule has 0 aliphatic rings. The van der Waals surface area contributed by atoms with Crippen molar-refractivity contribution in [1.29, 1.82) is 0 Å². The van der Waals surface area contributed by atoms with Crippen molar-refractivity contribution in [2.45, 2.75) is 0 Å². The first-order chi connectivity index (χ1) is 3.70. The highest BCUT2D eigenvalue weighted by Gasteiger charge is 1.95. The van der Waals surface area contributed by atoms with E-state index in [1.807, 2.05) is 0 Å². The Morgan fingerprint density at radius 2 is 2.50 bits per heavy atom. The van der Waals surface area contributed by atoms with E-state index in [0.29, 0.717) is 0 Å². The normalized spacial score (nSPS) is 9.75. The van der Waals surface area contributed by atoms with E-state index < -0.39 is 11.4 Å². The van der Waals surface area contributed by atoms with Gasteiger partial charge in [0.15, 0.2) is 0 Å². The van der Waals surface area contributed by atoms with Crippen LogP contribution in [0, 0.1) is 5.82 Å². The summed E-state index contributed by atoms with van der Waals surface area (Å²) in [6.07, 6.45) is 1.09. The first-order valence-corrected chi connectivity index (χ1v) is 2.11. The Balaban J connectivity index is 3.35. The molecule has 3 nitrogen and oxygen atoms in total. The summed E-state index contributed by atoms with van der Waals surface area (Å²) in [6, 6.07) is 0. The third-order valence-corrected chi connectivity index (χ3v) is 0.802. The maximum atomic E-state index is 12.0. The van der Waals surface area contributed by atoms with E-state index in [1.54, 1.807) is 7.05 Å². The zero-order valence-corrected chi connectivity index (χ0v) is 4.31. The molecule has 0 amide bonds. The average Bonchev–Trinajstić information content (AvgIpc) is 1.85. The zero-order chi connectivity index (χ0) is 6.15. The molecule has 0 unspecified atom stereocenters. The number of H-pyrrole nitrogens is 1. The number of hydrogen-bond donors (Lipinski definition) is 1. The quantitative estimate of drug-likeness (QED) is 0.503. The first-order valence-electron chi connectivity index (χ1n) is 2.11. The van der Waals surface area contributed by atoms with Crippen LogP contribution in [0.3, 0.4) is 0 Å². The van der Waals surface area contributed by atoms with Gasteiger partial charge in [0, 0.05) is 7.05 Å². The second kappa shape index (κ2) is 1.47. The minimum atomic E-state index is -0.743. The number of nitrogens with zero attached hydrogens (tertiary/aromatic N) is 1. The summed E-state index contributed by atoms with van der Waals surface area (Å²) in [5.41, 5.74) is -0.674. The van der Waals surface area contributed by atoms with Crippen molar-refractivity contribution >= 4 is 0 Å². The number of aromatic amines is 1. The van der Waals surface area contributed by atoms with Gasteiger partial charge in [-0.2, -0.15) is 4.39 Å². The summed E-state index contributed by atoms with van der Waals surface area (Å²) >= 11 is 0. The van der Waals surface area contributed by atoms with Gasteiger partial charge in [0.2, 0.25) is 5.82 Å². The predicted molar refractivity (Wildman–Crippen MR) is 26.0 cm³/mol. The fourth-order valence-electron chi connectivity index (χ4n) is 0.474. The molecule has 0 fully saturated rings. The Morgan fingerprint density at radius 3 is 2.62 bits per heavy atom. The fourth-order valence-corrected chi connectivity index (χ4v) is 0.474. The predicted octanol–water partition coefficient (Wildman–Crippen LogP) is -0.148. The molecule has 0 atom stereocenters. The lowest BCUT2D eigenvalue weighted by atomic mass is 10.7. The van der Waals surface area contributed by atoms with Crippen LogP contribution in [0.1, 0.15) is 0 Å². The van der Waals surface area contributed by atoms with E-state index in [1.165, 1.54) is 4.68 Å². The van der Waals surface area contributed by atoms with Crippen molar-refractivity contribution in [2.24, 2.45) is 7.05 Å². The standard InChI is InChI=1S/C4H5FN2O/c1-7-2-3(5)4(8)6-7/h2H,1H3,(H,6,8). The molecule has 1 heterocycles. The molecule has 0 aliphatic carbocycles. The van der Waals surface area contributed by atoms with Crippen LogP contribution in [-0.2, 0) is 7.05 Å². The van der Waals surface area contributed by atoms with E-state index in [0.717, 1.165) is 6.20 Å². The molecule has 0 saturated heterocycles. The molecule has 1 rings (SSSR count). The molecule has 1 aromatic heterocycles. The van der Waals surface area contributed by atoms with Crippen LogP contribution in [0.4, 0.5) is 4.39 Å². The lowest BCUT2D eigenvalue weighted by Gasteiger charge is -1.79. The summed E-state index contributed by atoms with van der Waals surface area (Å²) in [4.78, 5) is 10.2. The smallest absolute Gasteiger partial charge is 0.292 e. The van der Waals surface area contributed by atoms with Crippen LogP contribution in [0.2, 0.25) is 0 Å². The van der Waals surface area contributed by atoms with Crippen molar-refractivity contribution < 1.29 is 4.39 Å². The van der Waals surface area contributed by atoms with E-state index in [-0.39, 0.29) is 0 Å². The second-order valence-electron chi connectivity index (χ2n) is 1.53. The molecule has 44 valence electrons. The highest BCUT2D eigenvalue weighted by molar-refractivity contribution is 4.83. The molecule has 4 heteroatoms. The molecule has 0 spiro atoms. The van der Waals surface area contributed by atoms with Crippen molar-refractivity contribution in [3.63, 3.8) is 0 Å². The van der Waals surface area contributed by atoms with Crippen LogP contribution >= 0.6 is 0 Å². The van der Waals surface area contributed by atoms with E-state index >= 15 is 0 Å². The van der Waals surface area contributed by atoms with Gasteiger partial charge in [0.1, 0.15) is 0 Å². The molecule has 0 bridgehead atoms. The minimum absolute atomic E-state index is 0.674. The van der Waals surface area contributed by atoms with Gasteiger partial charge >= 0.3 is 0 Å². The summed E-state index contributed by atoms with van der Waals surface area (Å²) in [7, 11) is 1.55. The Morgan fingerprint density at radius 1 is 1.88 bits per heavy atom. The van der Waals surface area contributed by atoms with E-state index in [2.05, 4.69) is 5.10 Å². The number of nitrogens with one attached hydrogen (secondary N) is 1. The summed E-state index contributed by atoms with van der Waals surface area (Å²) in [5, 5.41) is 2.19. The van der Waals surface area contributed by atoms with Gasteiger partial charge < -0.3 is 0 Å². The summed E-state index contributed by atoms with van der Waals surface area (Å²) in [6.45, 7) is 0. The number of hydrogen-bond acceptors (Lipinski definition) is 1. The maximum absolute atomic E-state index is 12.0. The van der Waals surface area contributed by atoms with Gasteiger partial charge in [0.25, 0.3) is 5.56 Å². The SMILES string of the molecule is Cn1cc(F)c(=O)[nH]1. The van der Waals surface area contributed by atoms with E-state index in [9.17, 15) is 9.18 Å². The molecule has 8 heavy (non-hydrogen) atoms. The monoisotopic (exact) mass is 116 g/mol. The summed E-state index contributed by atoms with van der Waals surface area (Å²) in [5.74, 6) is -0.743. The van der Waals surface area contributed by atoms with Gasteiger partial charge in [-0.05, 0) is 0 Å². The highest BCUT2D eigenvalue weighted by Crippen LogP contribution is 1.81. The molecule has 0 aliphatic heterocycles. The lowest BCUT2D eigenvalue weighted by Crippen LogP contribution is -2.03. The van der Waals surface area contributed by atoms with Crippen LogP contribution in [0.25, 0.3) is 0 Å². The van der Waals surface area contributed by atoms with Gasteiger partial charge in [-0.25, -0.2) is 0 Å². The van der Waals surface area contributed by atoms with Crippen LogP contribution in [0.15, 0.2) is 11.0 Å². The Kier molecular flexibility index (Phi) is 0.932. The lowest BCUT2D eigenvalue weighted by molar-refractivity contribution is 0.616. The Hall–Kier alpha value is -1.06. The topological polar surface area (TPSA) is 37.8 Å². The number of aromatic nitrogens is 2. The van der Waals surface area contributed by atoms with Crippen molar-refractivity contribution in [2.75, 3.05) is 0 Å². The van der Waals surface area contributed by atoms with Crippen molar-refractivity contribution in [3.8, 4) is 0 Å². The number of aryl methyl sites for hydroxylation is 1. The summed E-state index contributed by atoms with van der Waals surface area (Å²) < 4.78 is 13.2. The number of halogens is 1. The highest BCUT2D eigenvalue weighted by atomic mass is 19.1. The first kappa shape index (κ1) is 5.08. The van der Waals surface area contributed by atoms with Gasteiger partial charge in [-0.15, -0.1) is 0 Å². The largest absolute Gasteiger partial charge is 0.300 e. The third-order valence-electron chi connectivity index (χ3n) is 0.802. The molecule has 0 saturated carbocycles. The minimum Gasteiger partial charge on any atom is -0.292 e. The molecule has 1 N–H and O–H groups in total. The van der Waals surface area contributed by atoms with Crippen molar-refractivity contribution in [1.82, 2.24) is 9.78 Å². The molecule has 0 radical (unpaired) electrons. The molecular formula is C4H5FN2O. The molecule has 1 aromatic rings. The van der Waals surface area contributed by atoms with Crippen LogP contribution in [0.5, 0.6) is 0 Å². The van der Waals surface area contributed by atoms with Gasteiger partial charge in [0.05, 0.1) is 6.20 Å². The Bertz CT molecular complexity index is 236. The van der Waals surface area contributed by atoms with Crippen molar-refractivity contribution in [3.05, 3.63) is 22.4 Å². The number of rotatable bonds is 0. The molecule has 0 aromatic carbocycles. The molecular weight excluding hydrogens is 111 g/mol. The Labute approximate surface area is 44.7 Å². The third kappa shape index (κ3) is 0.641. The van der Waals surface area contributed by atoms with Gasteiger partial charge in [-0.1, -0.05) is 0 Å². The second-order valence-corrected chi connectivity index (χ2v) is 1.53. The van der Waals surface area contributed by atoms with Crippen LogP contribution in [-0.4, -0.2) is 9.78 Å². The zero-order valence-electron chi connectivity index (χ0n) is 4.31. The van der Waals surface area contributed by atoms with E-state index in [4.69, 9.17) is 0 Å². The van der Waals surface area contributed by atoms with Gasteiger partial charge in [-0.3, -0.25) is 14.6 Å². The average molecular weight is 116 g/mol.